The van der Waals surface area contributed by atoms with Crippen molar-refractivity contribution in [2.24, 2.45) is 0 Å². The lowest BCUT2D eigenvalue weighted by molar-refractivity contribution is 0.0347. The average Bonchev–Trinajstić information content (AvgIpc) is 2.29. The zero-order valence-corrected chi connectivity index (χ0v) is 11.8. The van der Waals surface area contributed by atoms with Crippen molar-refractivity contribution in [1.29, 1.82) is 0 Å². The van der Waals surface area contributed by atoms with Gasteiger partial charge in [0.25, 0.3) is 0 Å². The maximum atomic E-state index is 12.2. The quantitative estimate of drug-likeness (QED) is 0.731. The molecule has 0 radical (unpaired) electrons. The van der Waals surface area contributed by atoms with Crippen molar-refractivity contribution in [2.75, 3.05) is 11.5 Å². The van der Waals surface area contributed by atoms with Crippen molar-refractivity contribution >= 4 is 33.5 Å². The molecule has 3 rings (SSSR count). The summed E-state index contributed by atoms with van der Waals surface area (Å²) in [6.45, 7) is 0. The highest BCUT2D eigenvalue weighted by atomic mass is 79.9. The number of rotatable bonds is 0. The molecule has 90 valence electrons. The molecular formula is C13H13BrO2S. The molecule has 2 nitrogen and oxygen atoms in total. The number of ketones is 1. The first-order valence-corrected chi connectivity index (χ1v) is 7.73. The molecule has 0 unspecified atom stereocenters. The Morgan fingerprint density at radius 2 is 2.06 bits per heavy atom. The van der Waals surface area contributed by atoms with Crippen molar-refractivity contribution in [3.8, 4) is 5.75 Å². The van der Waals surface area contributed by atoms with Gasteiger partial charge >= 0.3 is 0 Å². The van der Waals surface area contributed by atoms with Crippen LogP contribution in [0.1, 0.15) is 29.6 Å². The topological polar surface area (TPSA) is 26.3 Å². The Morgan fingerprint density at radius 3 is 2.82 bits per heavy atom. The monoisotopic (exact) mass is 312 g/mol. The Labute approximate surface area is 113 Å². The summed E-state index contributed by atoms with van der Waals surface area (Å²) in [6, 6.07) is 5.66. The fourth-order valence-electron chi connectivity index (χ4n) is 2.49. The summed E-state index contributed by atoms with van der Waals surface area (Å²) in [7, 11) is 0. The van der Waals surface area contributed by atoms with E-state index in [1.807, 2.05) is 30.0 Å². The normalized spacial score (nSPS) is 22.1. The lowest BCUT2D eigenvalue weighted by Gasteiger charge is -2.40. The summed E-state index contributed by atoms with van der Waals surface area (Å²) in [6.07, 6.45) is 2.51. The van der Waals surface area contributed by atoms with Gasteiger partial charge in [-0.1, -0.05) is 15.9 Å². The number of fused-ring (bicyclic) bond motifs is 1. The van der Waals surface area contributed by atoms with Gasteiger partial charge in [0.2, 0.25) is 0 Å². The minimum atomic E-state index is -0.226. The van der Waals surface area contributed by atoms with E-state index in [9.17, 15) is 4.79 Å². The Balaban J connectivity index is 1.98. The summed E-state index contributed by atoms with van der Waals surface area (Å²) in [5.41, 5.74) is 0.507. The minimum Gasteiger partial charge on any atom is -0.486 e. The first-order chi connectivity index (χ1) is 8.19. The lowest BCUT2D eigenvalue weighted by atomic mass is 9.85. The van der Waals surface area contributed by atoms with Crippen LogP contribution in [0, 0.1) is 0 Å². The van der Waals surface area contributed by atoms with Crippen LogP contribution in [0.3, 0.4) is 0 Å². The van der Waals surface area contributed by atoms with Crippen molar-refractivity contribution in [1.82, 2.24) is 0 Å². The van der Waals surface area contributed by atoms with Crippen LogP contribution in [0.4, 0.5) is 0 Å². The Kier molecular flexibility index (Phi) is 2.95. The number of hydrogen-bond donors (Lipinski definition) is 0. The first-order valence-electron chi connectivity index (χ1n) is 5.78. The lowest BCUT2D eigenvalue weighted by Crippen LogP contribution is -2.44. The van der Waals surface area contributed by atoms with Crippen molar-refractivity contribution in [2.45, 2.75) is 24.9 Å². The van der Waals surface area contributed by atoms with Crippen LogP contribution in [0.2, 0.25) is 0 Å². The van der Waals surface area contributed by atoms with Gasteiger partial charge in [-0.15, -0.1) is 0 Å². The SMILES string of the molecule is O=C1CC2(CCSCC2)Oc2cc(Br)ccc21. The average molecular weight is 313 g/mol. The molecule has 2 aliphatic heterocycles. The Morgan fingerprint density at radius 1 is 1.29 bits per heavy atom. The molecule has 0 atom stereocenters. The van der Waals surface area contributed by atoms with E-state index in [1.54, 1.807) is 0 Å². The van der Waals surface area contributed by atoms with Gasteiger partial charge in [-0.3, -0.25) is 4.79 Å². The van der Waals surface area contributed by atoms with Gasteiger partial charge in [0.15, 0.2) is 5.78 Å². The summed E-state index contributed by atoms with van der Waals surface area (Å²) in [5, 5.41) is 0. The molecule has 1 aromatic carbocycles. The molecule has 2 aliphatic rings. The summed E-state index contributed by atoms with van der Waals surface area (Å²) in [5.74, 6) is 3.17. The van der Waals surface area contributed by atoms with Crippen LogP contribution in [-0.4, -0.2) is 22.9 Å². The molecule has 4 heteroatoms. The van der Waals surface area contributed by atoms with Crippen LogP contribution < -0.4 is 4.74 Å². The fourth-order valence-corrected chi connectivity index (χ4v) is 4.07. The number of Topliss-reactive ketones (excluding diaryl/α,β-unsaturated/α-hetero) is 1. The molecule has 1 saturated heterocycles. The first kappa shape index (κ1) is 11.6. The summed E-state index contributed by atoms with van der Waals surface area (Å²) >= 11 is 5.37. The molecule has 1 fully saturated rings. The van der Waals surface area contributed by atoms with Crippen molar-refractivity contribution < 1.29 is 9.53 Å². The number of hydrogen-bond acceptors (Lipinski definition) is 3. The summed E-state index contributed by atoms with van der Waals surface area (Å²) in [4.78, 5) is 12.2. The fraction of sp³-hybridized carbons (Fsp3) is 0.462. The predicted molar refractivity (Wildman–Crippen MR) is 73.0 cm³/mol. The van der Waals surface area contributed by atoms with Gasteiger partial charge in [-0.25, -0.2) is 0 Å². The second kappa shape index (κ2) is 4.32. The molecule has 2 heterocycles. The third-order valence-electron chi connectivity index (χ3n) is 3.46. The minimum absolute atomic E-state index is 0.226. The largest absolute Gasteiger partial charge is 0.486 e. The van der Waals surface area contributed by atoms with E-state index in [2.05, 4.69) is 15.9 Å². The van der Waals surface area contributed by atoms with Crippen LogP contribution in [-0.2, 0) is 0 Å². The van der Waals surface area contributed by atoms with Crippen LogP contribution in [0.25, 0.3) is 0 Å². The third kappa shape index (κ3) is 2.13. The Hall–Kier alpha value is -0.480. The number of benzene rings is 1. The zero-order valence-electron chi connectivity index (χ0n) is 9.37. The van der Waals surface area contributed by atoms with E-state index in [0.717, 1.165) is 40.1 Å². The number of thioether (sulfide) groups is 1. The predicted octanol–water partition coefficient (Wildman–Crippen LogP) is 3.68. The van der Waals surface area contributed by atoms with Crippen molar-refractivity contribution in [3.05, 3.63) is 28.2 Å². The molecular weight excluding hydrogens is 300 g/mol. The second-order valence-corrected chi connectivity index (χ2v) is 6.78. The maximum Gasteiger partial charge on any atom is 0.170 e. The van der Waals surface area contributed by atoms with Crippen LogP contribution in [0.15, 0.2) is 22.7 Å². The molecule has 1 aromatic rings. The highest BCUT2D eigenvalue weighted by molar-refractivity contribution is 9.10. The molecule has 1 spiro atoms. The molecule has 17 heavy (non-hydrogen) atoms. The van der Waals surface area contributed by atoms with Crippen LogP contribution in [0.5, 0.6) is 5.75 Å². The van der Waals surface area contributed by atoms with E-state index in [1.165, 1.54) is 0 Å². The highest BCUT2D eigenvalue weighted by Gasteiger charge is 2.41. The smallest absolute Gasteiger partial charge is 0.170 e. The van der Waals surface area contributed by atoms with E-state index in [-0.39, 0.29) is 11.4 Å². The second-order valence-electron chi connectivity index (χ2n) is 4.64. The molecule has 0 N–H and O–H groups in total. The van der Waals surface area contributed by atoms with E-state index in [4.69, 9.17) is 4.74 Å². The molecule has 0 aromatic heterocycles. The molecule has 0 aliphatic carbocycles. The number of halogens is 1. The van der Waals surface area contributed by atoms with Gasteiger partial charge in [0, 0.05) is 4.47 Å². The third-order valence-corrected chi connectivity index (χ3v) is 4.94. The van der Waals surface area contributed by atoms with Gasteiger partial charge in [0.1, 0.15) is 11.4 Å². The van der Waals surface area contributed by atoms with E-state index < -0.39 is 0 Å². The number of carbonyl (C=O) groups is 1. The molecule has 0 bridgehead atoms. The van der Waals surface area contributed by atoms with Crippen LogP contribution >= 0.6 is 27.7 Å². The summed E-state index contributed by atoms with van der Waals surface area (Å²) < 4.78 is 7.11. The van der Waals surface area contributed by atoms with E-state index >= 15 is 0 Å². The van der Waals surface area contributed by atoms with Gasteiger partial charge in [0.05, 0.1) is 12.0 Å². The van der Waals surface area contributed by atoms with Gasteiger partial charge < -0.3 is 4.74 Å². The standard InChI is InChI=1S/C13H13BrO2S/c14-9-1-2-10-11(15)8-13(16-12(10)7-9)3-5-17-6-4-13/h1-2,7H,3-6,8H2. The van der Waals surface area contributed by atoms with Crippen molar-refractivity contribution in [3.63, 3.8) is 0 Å². The Bertz CT molecular complexity index is 466. The molecule has 0 amide bonds. The van der Waals surface area contributed by atoms with E-state index in [0.29, 0.717) is 6.42 Å². The molecule has 0 saturated carbocycles. The zero-order chi connectivity index (χ0) is 11.9. The highest BCUT2D eigenvalue weighted by Crippen LogP contribution is 2.41. The number of carbonyl (C=O) groups excluding carboxylic acids is 1. The van der Waals surface area contributed by atoms with Gasteiger partial charge in [-0.2, -0.15) is 11.8 Å². The maximum absolute atomic E-state index is 12.2. The number of ether oxygens (including phenoxy) is 1. The van der Waals surface area contributed by atoms with Gasteiger partial charge in [-0.05, 0) is 42.5 Å².